The lowest BCUT2D eigenvalue weighted by atomic mass is 10.2. The van der Waals surface area contributed by atoms with Crippen molar-refractivity contribution in [3.63, 3.8) is 0 Å². The summed E-state index contributed by atoms with van der Waals surface area (Å²) in [5.74, 6) is -1.00. The van der Waals surface area contributed by atoms with Crippen molar-refractivity contribution in [3.05, 3.63) is 61.2 Å². The predicted octanol–water partition coefficient (Wildman–Crippen LogP) is 3.32. The molecule has 0 radical (unpaired) electrons. The molecule has 31 heavy (non-hydrogen) atoms. The molecule has 0 unspecified atom stereocenters. The van der Waals surface area contributed by atoms with E-state index in [9.17, 15) is 18.8 Å². The number of carbonyl (C=O) groups excluding carboxylic acids is 2. The zero-order valence-electron chi connectivity index (χ0n) is 16.9. The highest BCUT2D eigenvalue weighted by Crippen LogP contribution is 2.29. The third kappa shape index (κ3) is 3.95. The van der Waals surface area contributed by atoms with E-state index in [0.29, 0.717) is 22.3 Å². The highest BCUT2D eigenvalue weighted by atomic mass is 35.5. The fraction of sp³-hybridized carbons (Fsp3) is 0.333. The van der Waals surface area contributed by atoms with Gasteiger partial charge in [-0.15, -0.1) is 11.3 Å². The number of nitrogens with zero attached hydrogens (tertiary/aromatic N) is 3. The molecule has 0 aliphatic carbocycles. The standard InChI is InChI=1S/C21H19ClFN3O4S/c1-11-17-19(24-15-7-4-8-26(15)20(17)28)31-18(11)21(29)30-10-16(27)25(2)9-12-13(22)5-3-6-14(12)23/h3,5-6H,4,7-10H2,1-2H3. The molecule has 0 saturated heterocycles. The van der Waals surface area contributed by atoms with E-state index < -0.39 is 24.3 Å². The molecule has 0 spiro atoms. The number of aromatic nitrogens is 2. The number of ether oxygens (including phenoxy) is 1. The summed E-state index contributed by atoms with van der Waals surface area (Å²) in [5, 5.41) is 0.628. The molecule has 0 atom stereocenters. The Kier molecular flexibility index (Phi) is 5.81. The number of hydrogen-bond donors (Lipinski definition) is 0. The van der Waals surface area contributed by atoms with E-state index >= 15 is 0 Å². The number of thiophene rings is 1. The number of fused-ring (bicyclic) bond motifs is 2. The maximum absolute atomic E-state index is 13.9. The number of halogens is 2. The van der Waals surface area contributed by atoms with Gasteiger partial charge in [-0.1, -0.05) is 17.7 Å². The third-order valence-corrected chi connectivity index (χ3v) is 6.83. The van der Waals surface area contributed by atoms with Crippen molar-refractivity contribution >= 4 is 45.0 Å². The maximum atomic E-state index is 13.9. The second kappa shape index (κ2) is 8.39. The summed E-state index contributed by atoms with van der Waals surface area (Å²) in [6.07, 6.45) is 1.61. The minimum Gasteiger partial charge on any atom is -0.451 e. The van der Waals surface area contributed by atoms with Gasteiger partial charge in [0, 0.05) is 37.1 Å². The Balaban J connectivity index is 1.47. The van der Waals surface area contributed by atoms with Crippen molar-refractivity contribution in [2.24, 2.45) is 0 Å². The number of carbonyl (C=O) groups is 2. The Morgan fingerprint density at radius 1 is 1.39 bits per heavy atom. The third-order valence-electron chi connectivity index (χ3n) is 5.31. The summed E-state index contributed by atoms with van der Waals surface area (Å²) in [5.41, 5.74) is 0.540. The molecule has 10 heteroatoms. The smallest absolute Gasteiger partial charge is 0.349 e. The van der Waals surface area contributed by atoms with Crippen LogP contribution < -0.4 is 5.56 Å². The van der Waals surface area contributed by atoms with E-state index in [0.717, 1.165) is 30.0 Å². The van der Waals surface area contributed by atoms with Crippen LogP contribution in [0.4, 0.5) is 4.39 Å². The van der Waals surface area contributed by atoms with Gasteiger partial charge in [-0.2, -0.15) is 0 Å². The van der Waals surface area contributed by atoms with Crippen LogP contribution in [0.25, 0.3) is 10.2 Å². The zero-order chi connectivity index (χ0) is 22.3. The first kappa shape index (κ1) is 21.5. The second-order valence-corrected chi connectivity index (χ2v) is 8.76. The number of rotatable bonds is 5. The Labute approximate surface area is 186 Å². The Morgan fingerprint density at radius 3 is 2.90 bits per heavy atom. The van der Waals surface area contributed by atoms with Crippen molar-refractivity contribution in [2.45, 2.75) is 32.9 Å². The van der Waals surface area contributed by atoms with Crippen LogP contribution in [0, 0.1) is 12.7 Å². The quantitative estimate of drug-likeness (QED) is 0.542. The van der Waals surface area contributed by atoms with Crippen molar-refractivity contribution in [2.75, 3.05) is 13.7 Å². The van der Waals surface area contributed by atoms with E-state index in [4.69, 9.17) is 16.3 Å². The number of esters is 1. The molecule has 1 amide bonds. The van der Waals surface area contributed by atoms with Crippen LogP contribution in [0.15, 0.2) is 23.0 Å². The SMILES string of the molecule is Cc1c(C(=O)OCC(=O)N(C)Cc2c(F)cccc2Cl)sc2nc3n(c(=O)c12)CCC3. The van der Waals surface area contributed by atoms with Gasteiger partial charge < -0.3 is 9.64 Å². The molecule has 2 aromatic heterocycles. The van der Waals surface area contributed by atoms with E-state index in [1.165, 1.54) is 30.1 Å². The molecule has 1 aliphatic heterocycles. The van der Waals surface area contributed by atoms with Crippen LogP contribution >= 0.6 is 22.9 Å². The number of hydrogen-bond acceptors (Lipinski definition) is 6. The average Bonchev–Trinajstić information content (AvgIpc) is 3.33. The molecule has 162 valence electrons. The van der Waals surface area contributed by atoms with Crippen LogP contribution in [0.3, 0.4) is 0 Å². The van der Waals surface area contributed by atoms with Crippen LogP contribution in [-0.2, 0) is 29.0 Å². The lowest BCUT2D eigenvalue weighted by molar-refractivity contribution is -0.133. The van der Waals surface area contributed by atoms with Crippen molar-refractivity contribution in [3.8, 4) is 0 Å². The van der Waals surface area contributed by atoms with Crippen LogP contribution in [0.5, 0.6) is 0 Å². The highest BCUT2D eigenvalue weighted by molar-refractivity contribution is 7.20. The Morgan fingerprint density at radius 2 is 2.16 bits per heavy atom. The van der Waals surface area contributed by atoms with E-state index in [-0.39, 0.29) is 27.6 Å². The van der Waals surface area contributed by atoms with Crippen molar-refractivity contribution < 1.29 is 18.7 Å². The molecule has 0 saturated carbocycles. The number of aryl methyl sites for hydroxylation is 2. The molecule has 3 heterocycles. The lowest BCUT2D eigenvalue weighted by Gasteiger charge is -2.18. The number of amides is 1. The molecule has 1 aromatic carbocycles. The summed E-state index contributed by atoms with van der Waals surface area (Å²) in [6.45, 7) is 1.72. The van der Waals surface area contributed by atoms with Crippen LogP contribution in [0.2, 0.25) is 5.02 Å². The van der Waals surface area contributed by atoms with E-state index in [2.05, 4.69) is 4.98 Å². The van der Waals surface area contributed by atoms with Gasteiger partial charge in [0.15, 0.2) is 6.61 Å². The van der Waals surface area contributed by atoms with Crippen molar-refractivity contribution in [1.82, 2.24) is 14.5 Å². The Bertz CT molecular complexity index is 1250. The van der Waals surface area contributed by atoms with E-state index in [1.807, 2.05) is 0 Å². The fourth-order valence-electron chi connectivity index (χ4n) is 3.58. The van der Waals surface area contributed by atoms with Gasteiger partial charge in [-0.3, -0.25) is 14.2 Å². The largest absolute Gasteiger partial charge is 0.451 e. The van der Waals surface area contributed by atoms with Crippen LogP contribution in [-0.4, -0.2) is 40.0 Å². The first-order chi connectivity index (χ1) is 14.8. The zero-order valence-corrected chi connectivity index (χ0v) is 18.5. The molecule has 0 N–H and O–H groups in total. The molecule has 0 bridgehead atoms. The monoisotopic (exact) mass is 463 g/mol. The topological polar surface area (TPSA) is 81.5 Å². The number of benzene rings is 1. The summed E-state index contributed by atoms with van der Waals surface area (Å²) in [7, 11) is 1.47. The van der Waals surface area contributed by atoms with Gasteiger partial charge in [-0.25, -0.2) is 14.2 Å². The molecule has 3 aromatic rings. The van der Waals surface area contributed by atoms with Gasteiger partial charge >= 0.3 is 5.97 Å². The van der Waals surface area contributed by atoms with Gasteiger partial charge in [-0.05, 0) is 31.0 Å². The van der Waals surface area contributed by atoms with Gasteiger partial charge in [0.25, 0.3) is 11.5 Å². The first-order valence-electron chi connectivity index (χ1n) is 9.64. The molecule has 0 fully saturated rings. The Hall–Kier alpha value is -2.78. The minimum absolute atomic E-state index is 0.0595. The molecule has 1 aliphatic rings. The lowest BCUT2D eigenvalue weighted by Crippen LogP contribution is -2.31. The van der Waals surface area contributed by atoms with Gasteiger partial charge in [0.2, 0.25) is 0 Å². The maximum Gasteiger partial charge on any atom is 0.349 e. The second-order valence-electron chi connectivity index (χ2n) is 7.35. The summed E-state index contributed by atoms with van der Waals surface area (Å²) in [4.78, 5) is 44.2. The molecular weight excluding hydrogens is 445 g/mol. The van der Waals surface area contributed by atoms with Crippen molar-refractivity contribution in [1.29, 1.82) is 0 Å². The predicted molar refractivity (Wildman–Crippen MR) is 115 cm³/mol. The van der Waals surface area contributed by atoms with Gasteiger partial charge in [0.05, 0.1) is 5.39 Å². The molecule has 4 rings (SSSR count). The highest BCUT2D eigenvalue weighted by Gasteiger charge is 2.25. The summed E-state index contributed by atoms with van der Waals surface area (Å²) < 4.78 is 20.8. The molecular formula is C21H19ClFN3O4S. The summed E-state index contributed by atoms with van der Waals surface area (Å²) in [6, 6.07) is 4.28. The number of likely N-dealkylation sites (N-methyl/N-ethyl adjacent to an activating group) is 1. The first-order valence-corrected chi connectivity index (χ1v) is 10.8. The molecule has 7 nitrogen and oxygen atoms in total. The van der Waals surface area contributed by atoms with E-state index in [1.54, 1.807) is 11.5 Å². The minimum atomic E-state index is -0.698. The normalized spacial score (nSPS) is 12.8. The fourth-order valence-corrected chi connectivity index (χ4v) is 4.89. The average molecular weight is 464 g/mol. The van der Waals surface area contributed by atoms with Crippen LogP contribution in [0.1, 0.15) is 33.0 Å². The summed E-state index contributed by atoms with van der Waals surface area (Å²) >= 11 is 7.08. The van der Waals surface area contributed by atoms with Gasteiger partial charge in [0.1, 0.15) is 21.3 Å².